The smallest absolute Gasteiger partial charge is 0.121 e. The number of hydrogen-bond acceptors (Lipinski definition) is 5. The fraction of sp³-hybridized carbons (Fsp3) is 0.667. The first-order valence-corrected chi connectivity index (χ1v) is 11.2. The molecule has 2 aliphatic heterocycles. The highest BCUT2D eigenvalue weighted by Gasteiger charge is 2.29. The summed E-state index contributed by atoms with van der Waals surface area (Å²) in [5.41, 5.74) is 1.12. The van der Waals surface area contributed by atoms with Crippen LogP contribution in [0.1, 0.15) is 50.0 Å². The van der Waals surface area contributed by atoms with Crippen LogP contribution in [-0.4, -0.2) is 53.1 Å². The van der Waals surface area contributed by atoms with Crippen LogP contribution in [0, 0.1) is 0 Å². The third-order valence-electron chi connectivity index (χ3n) is 6.33. The van der Waals surface area contributed by atoms with Gasteiger partial charge in [0.2, 0.25) is 0 Å². The molecule has 0 atom stereocenters. The molecule has 3 aliphatic rings. The highest BCUT2D eigenvalue weighted by Crippen LogP contribution is 2.31. The molecule has 140 valence electrons. The Kier molecular flexibility index (Phi) is 4.86. The Balaban J connectivity index is 1.20. The van der Waals surface area contributed by atoms with Gasteiger partial charge in [0.15, 0.2) is 0 Å². The van der Waals surface area contributed by atoms with E-state index in [1.807, 2.05) is 11.3 Å². The molecule has 1 saturated carbocycles. The highest BCUT2D eigenvalue weighted by molar-refractivity contribution is 7.18. The standard InChI is InChI=1S/C21H29N3OS/c1-2-11-23(10-1)15-21-22-19-7-6-18(14-20(19)26-21)25-17-8-12-24(13-9-17)16-4-3-5-16/h6-7,14,16-17H,1-5,8-13,15H2. The Labute approximate surface area is 160 Å². The average Bonchev–Trinajstić information content (AvgIpc) is 3.24. The molecule has 4 nitrogen and oxygen atoms in total. The van der Waals surface area contributed by atoms with Gasteiger partial charge in [-0.1, -0.05) is 6.42 Å². The van der Waals surface area contributed by atoms with E-state index in [0.29, 0.717) is 6.10 Å². The van der Waals surface area contributed by atoms with Crippen LogP contribution in [0.5, 0.6) is 5.75 Å². The normalized spacial score (nSPS) is 23.5. The first-order valence-electron chi connectivity index (χ1n) is 10.4. The van der Waals surface area contributed by atoms with Crippen molar-refractivity contribution in [2.24, 2.45) is 0 Å². The molecule has 0 spiro atoms. The molecule has 2 saturated heterocycles. The Morgan fingerprint density at radius 3 is 2.54 bits per heavy atom. The summed E-state index contributed by atoms with van der Waals surface area (Å²) in [6.07, 6.45) is 9.62. The highest BCUT2D eigenvalue weighted by atomic mass is 32.1. The minimum Gasteiger partial charge on any atom is -0.490 e. The number of rotatable bonds is 5. The van der Waals surface area contributed by atoms with Gasteiger partial charge >= 0.3 is 0 Å². The van der Waals surface area contributed by atoms with Gasteiger partial charge in [0.1, 0.15) is 16.9 Å². The summed E-state index contributed by atoms with van der Waals surface area (Å²) < 4.78 is 7.59. The first kappa shape index (κ1) is 17.0. The number of piperidine rings is 1. The lowest BCUT2D eigenvalue weighted by Gasteiger charge is -2.41. The largest absolute Gasteiger partial charge is 0.490 e. The Morgan fingerprint density at radius 1 is 1.00 bits per heavy atom. The predicted molar refractivity (Wildman–Crippen MR) is 107 cm³/mol. The van der Waals surface area contributed by atoms with E-state index < -0.39 is 0 Å². The number of likely N-dealkylation sites (tertiary alicyclic amines) is 2. The van der Waals surface area contributed by atoms with Crippen LogP contribution in [0.3, 0.4) is 0 Å². The zero-order chi connectivity index (χ0) is 17.3. The maximum Gasteiger partial charge on any atom is 0.121 e. The van der Waals surface area contributed by atoms with Crippen molar-refractivity contribution in [2.75, 3.05) is 26.2 Å². The molecule has 0 bridgehead atoms. The molecule has 0 radical (unpaired) electrons. The van der Waals surface area contributed by atoms with Crippen LogP contribution >= 0.6 is 11.3 Å². The van der Waals surface area contributed by atoms with Crippen molar-refractivity contribution >= 4 is 21.6 Å². The van der Waals surface area contributed by atoms with Gasteiger partial charge in [-0.25, -0.2) is 4.98 Å². The lowest BCUT2D eigenvalue weighted by atomic mass is 9.90. The SMILES string of the molecule is c1cc2nc(CN3CCCC3)sc2cc1OC1CCN(C2CCC2)CC1. The van der Waals surface area contributed by atoms with E-state index >= 15 is 0 Å². The monoisotopic (exact) mass is 371 g/mol. The summed E-state index contributed by atoms with van der Waals surface area (Å²) >= 11 is 1.83. The lowest BCUT2D eigenvalue weighted by molar-refractivity contribution is 0.0494. The molecular weight excluding hydrogens is 342 g/mol. The molecule has 3 heterocycles. The second-order valence-corrected chi connectivity index (χ2v) is 9.27. The maximum absolute atomic E-state index is 6.33. The number of nitrogens with zero attached hydrogens (tertiary/aromatic N) is 3. The van der Waals surface area contributed by atoms with Crippen LogP contribution in [0.2, 0.25) is 0 Å². The minimum atomic E-state index is 0.376. The van der Waals surface area contributed by atoms with Gasteiger partial charge in [-0.3, -0.25) is 4.90 Å². The quantitative estimate of drug-likeness (QED) is 0.784. The van der Waals surface area contributed by atoms with E-state index in [2.05, 4.69) is 28.0 Å². The van der Waals surface area contributed by atoms with Gasteiger partial charge in [0.05, 0.1) is 16.8 Å². The van der Waals surface area contributed by atoms with Gasteiger partial charge in [-0.05, 0) is 69.8 Å². The van der Waals surface area contributed by atoms with Crippen LogP contribution in [0.4, 0.5) is 0 Å². The van der Waals surface area contributed by atoms with E-state index in [9.17, 15) is 0 Å². The van der Waals surface area contributed by atoms with Crippen molar-refractivity contribution in [2.45, 2.75) is 63.6 Å². The Bertz CT molecular complexity index is 743. The van der Waals surface area contributed by atoms with Gasteiger partial charge in [-0.2, -0.15) is 0 Å². The van der Waals surface area contributed by atoms with Crippen molar-refractivity contribution in [1.82, 2.24) is 14.8 Å². The van der Waals surface area contributed by atoms with Crippen molar-refractivity contribution in [3.63, 3.8) is 0 Å². The number of ether oxygens (including phenoxy) is 1. The molecule has 1 aromatic carbocycles. The zero-order valence-electron chi connectivity index (χ0n) is 15.5. The van der Waals surface area contributed by atoms with Gasteiger partial charge < -0.3 is 9.64 Å². The van der Waals surface area contributed by atoms with E-state index in [1.165, 1.54) is 68.0 Å². The minimum absolute atomic E-state index is 0.376. The summed E-state index contributed by atoms with van der Waals surface area (Å²) in [5, 5.41) is 1.24. The molecule has 5 heteroatoms. The van der Waals surface area contributed by atoms with E-state index in [1.54, 1.807) is 0 Å². The summed E-state index contributed by atoms with van der Waals surface area (Å²) in [4.78, 5) is 10.0. The predicted octanol–water partition coefficient (Wildman–Crippen LogP) is 4.29. The third kappa shape index (κ3) is 3.62. The molecule has 1 aliphatic carbocycles. The Morgan fingerprint density at radius 2 is 1.81 bits per heavy atom. The lowest BCUT2D eigenvalue weighted by Crippen LogP contribution is -2.46. The topological polar surface area (TPSA) is 28.6 Å². The number of benzene rings is 1. The molecule has 2 aromatic rings. The average molecular weight is 372 g/mol. The molecule has 5 rings (SSSR count). The third-order valence-corrected chi connectivity index (χ3v) is 7.34. The van der Waals surface area contributed by atoms with Gasteiger partial charge in [0, 0.05) is 19.1 Å². The van der Waals surface area contributed by atoms with Gasteiger partial charge in [-0.15, -0.1) is 11.3 Å². The van der Waals surface area contributed by atoms with E-state index in [0.717, 1.165) is 36.7 Å². The zero-order valence-corrected chi connectivity index (χ0v) is 16.3. The van der Waals surface area contributed by atoms with Crippen molar-refractivity contribution in [3.8, 4) is 5.75 Å². The summed E-state index contributed by atoms with van der Waals surface area (Å²) in [6.45, 7) is 5.87. The summed E-state index contributed by atoms with van der Waals surface area (Å²) in [5.74, 6) is 1.02. The Hall–Kier alpha value is -1.17. The van der Waals surface area contributed by atoms with Crippen LogP contribution < -0.4 is 4.74 Å². The number of thiazole rings is 1. The maximum atomic E-state index is 6.33. The second-order valence-electron chi connectivity index (χ2n) is 8.16. The van der Waals surface area contributed by atoms with Crippen molar-refractivity contribution in [3.05, 3.63) is 23.2 Å². The van der Waals surface area contributed by atoms with Crippen LogP contribution in [-0.2, 0) is 6.54 Å². The molecule has 3 fully saturated rings. The summed E-state index contributed by atoms with van der Waals surface area (Å²) in [7, 11) is 0. The first-order chi connectivity index (χ1) is 12.8. The van der Waals surface area contributed by atoms with Gasteiger partial charge in [0.25, 0.3) is 0 Å². The molecule has 26 heavy (non-hydrogen) atoms. The number of hydrogen-bond donors (Lipinski definition) is 0. The van der Waals surface area contributed by atoms with E-state index in [4.69, 9.17) is 9.72 Å². The fourth-order valence-electron chi connectivity index (χ4n) is 4.53. The fourth-order valence-corrected chi connectivity index (χ4v) is 5.57. The van der Waals surface area contributed by atoms with E-state index in [-0.39, 0.29) is 0 Å². The molecule has 0 N–H and O–H groups in total. The molecular formula is C21H29N3OS. The van der Waals surface area contributed by atoms with Crippen LogP contribution in [0.25, 0.3) is 10.2 Å². The summed E-state index contributed by atoms with van der Waals surface area (Å²) in [6, 6.07) is 7.33. The number of aromatic nitrogens is 1. The van der Waals surface area contributed by atoms with Crippen LogP contribution in [0.15, 0.2) is 18.2 Å². The van der Waals surface area contributed by atoms with Crippen molar-refractivity contribution in [1.29, 1.82) is 0 Å². The van der Waals surface area contributed by atoms with Crippen molar-refractivity contribution < 1.29 is 4.74 Å². The second kappa shape index (κ2) is 7.45. The molecule has 0 unspecified atom stereocenters. The molecule has 0 amide bonds. The molecule has 1 aromatic heterocycles. The number of fused-ring (bicyclic) bond motifs is 1.